The number of hydrogen-bond donors (Lipinski definition) is 1. The smallest absolute Gasteiger partial charge is 0.139 e. The Labute approximate surface area is 56.9 Å². The zero-order valence-electron chi connectivity index (χ0n) is 4.98. The van der Waals surface area contributed by atoms with Crippen LogP contribution in [0.15, 0.2) is 11.2 Å². The Morgan fingerprint density at radius 3 is 3.11 bits per heavy atom. The number of hydrogen-bond acceptors (Lipinski definition) is 4. The van der Waals surface area contributed by atoms with Crippen molar-refractivity contribution in [2.45, 2.75) is 11.8 Å². The summed E-state index contributed by atoms with van der Waals surface area (Å²) < 4.78 is 1.42. The summed E-state index contributed by atoms with van der Waals surface area (Å²) in [5, 5.41) is 16.7. The van der Waals surface area contributed by atoms with E-state index in [0.717, 1.165) is 5.03 Å². The van der Waals surface area contributed by atoms with Gasteiger partial charge in [0.15, 0.2) is 0 Å². The van der Waals surface area contributed by atoms with Crippen molar-refractivity contribution in [1.82, 2.24) is 15.0 Å². The van der Waals surface area contributed by atoms with Crippen molar-refractivity contribution < 1.29 is 5.11 Å². The molecule has 0 bridgehead atoms. The summed E-state index contributed by atoms with van der Waals surface area (Å²) >= 11 is 1.50. The van der Waals surface area contributed by atoms with Gasteiger partial charge in [-0.15, -0.1) is 16.9 Å². The van der Waals surface area contributed by atoms with Crippen molar-refractivity contribution in [3.8, 4) is 0 Å². The SMILES string of the molecule is CSc1cnnn1CO. The lowest BCUT2D eigenvalue weighted by molar-refractivity contribution is 0.182. The van der Waals surface area contributed by atoms with Gasteiger partial charge in [-0.05, 0) is 6.26 Å². The van der Waals surface area contributed by atoms with Gasteiger partial charge >= 0.3 is 0 Å². The molecule has 0 aliphatic rings. The first-order valence-electron chi connectivity index (χ1n) is 2.42. The van der Waals surface area contributed by atoms with Crippen LogP contribution in [0.4, 0.5) is 0 Å². The molecular formula is C4H7N3OS. The quantitative estimate of drug-likeness (QED) is 0.593. The Hall–Kier alpha value is -0.550. The Kier molecular flexibility index (Phi) is 2.07. The number of rotatable bonds is 2. The van der Waals surface area contributed by atoms with E-state index in [0.29, 0.717) is 0 Å². The number of aliphatic hydroxyl groups excluding tert-OH is 1. The minimum atomic E-state index is -0.101. The molecule has 0 aliphatic carbocycles. The van der Waals surface area contributed by atoms with Crippen LogP contribution in [0.3, 0.4) is 0 Å². The highest BCUT2D eigenvalue weighted by molar-refractivity contribution is 7.98. The number of aromatic nitrogens is 3. The normalized spacial score (nSPS) is 10.0. The molecule has 0 spiro atoms. The van der Waals surface area contributed by atoms with E-state index in [1.54, 1.807) is 6.20 Å². The van der Waals surface area contributed by atoms with Crippen LogP contribution in [0, 0.1) is 0 Å². The number of aliphatic hydroxyl groups is 1. The largest absolute Gasteiger partial charge is 0.374 e. The highest BCUT2D eigenvalue weighted by atomic mass is 32.2. The molecule has 5 heteroatoms. The summed E-state index contributed by atoms with van der Waals surface area (Å²) in [4.78, 5) is 0. The van der Waals surface area contributed by atoms with Crippen LogP contribution in [0.5, 0.6) is 0 Å². The van der Waals surface area contributed by atoms with E-state index < -0.39 is 0 Å². The van der Waals surface area contributed by atoms with Gasteiger partial charge in [0.25, 0.3) is 0 Å². The molecule has 1 N–H and O–H groups in total. The van der Waals surface area contributed by atoms with Gasteiger partial charge in [-0.1, -0.05) is 5.21 Å². The molecule has 0 unspecified atom stereocenters. The molecule has 1 rings (SSSR count). The van der Waals surface area contributed by atoms with Gasteiger partial charge in [0.2, 0.25) is 0 Å². The molecule has 0 amide bonds. The monoisotopic (exact) mass is 145 g/mol. The summed E-state index contributed by atoms with van der Waals surface area (Å²) in [7, 11) is 0. The molecule has 4 nitrogen and oxygen atoms in total. The van der Waals surface area contributed by atoms with E-state index in [1.165, 1.54) is 16.4 Å². The molecule has 1 aromatic rings. The van der Waals surface area contributed by atoms with E-state index in [2.05, 4.69) is 10.3 Å². The van der Waals surface area contributed by atoms with Crippen LogP contribution in [-0.2, 0) is 6.73 Å². The van der Waals surface area contributed by atoms with E-state index in [1.807, 2.05) is 6.26 Å². The van der Waals surface area contributed by atoms with Crippen LogP contribution >= 0.6 is 11.8 Å². The second-order valence-corrected chi connectivity index (χ2v) is 2.24. The molecule has 0 aliphatic heterocycles. The van der Waals surface area contributed by atoms with Gasteiger partial charge in [-0.3, -0.25) is 0 Å². The zero-order chi connectivity index (χ0) is 6.69. The average Bonchev–Trinajstić information content (AvgIpc) is 2.33. The lowest BCUT2D eigenvalue weighted by atomic mass is 10.9. The fourth-order valence-electron chi connectivity index (χ4n) is 0.504. The van der Waals surface area contributed by atoms with Gasteiger partial charge < -0.3 is 5.11 Å². The Morgan fingerprint density at radius 2 is 2.67 bits per heavy atom. The first kappa shape index (κ1) is 6.57. The summed E-state index contributed by atoms with van der Waals surface area (Å²) in [6.07, 6.45) is 3.52. The number of thioether (sulfide) groups is 1. The van der Waals surface area contributed by atoms with E-state index in [4.69, 9.17) is 5.11 Å². The zero-order valence-corrected chi connectivity index (χ0v) is 5.80. The molecule has 9 heavy (non-hydrogen) atoms. The Bertz CT molecular complexity index is 169. The second-order valence-electron chi connectivity index (χ2n) is 1.42. The lowest BCUT2D eigenvalue weighted by Gasteiger charge is -1.95. The number of nitrogens with zero attached hydrogens (tertiary/aromatic N) is 3. The third-order valence-electron chi connectivity index (χ3n) is 0.925. The van der Waals surface area contributed by atoms with Gasteiger partial charge in [-0.2, -0.15) is 0 Å². The van der Waals surface area contributed by atoms with Crippen LogP contribution in [0.25, 0.3) is 0 Å². The van der Waals surface area contributed by atoms with E-state index in [-0.39, 0.29) is 6.73 Å². The average molecular weight is 145 g/mol. The first-order valence-corrected chi connectivity index (χ1v) is 3.64. The standard InChI is InChI=1S/C4H7N3OS/c1-9-4-2-5-6-7(4)3-8/h2,8H,3H2,1H3. The predicted molar refractivity (Wildman–Crippen MR) is 34.0 cm³/mol. The maximum absolute atomic E-state index is 8.59. The van der Waals surface area contributed by atoms with Crippen molar-refractivity contribution >= 4 is 11.8 Å². The molecule has 0 saturated heterocycles. The molecule has 0 radical (unpaired) electrons. The summed E-state index contributed by atoms with van der Waals surface area (Å²) in [6, 6.07) is 0. The third-order valence-corrected chi connectivity index (χ3v) is 1.66. The predicted octanol–water partition coefficient (Wildman–Crippen LogP) is -0.0502. The van der Waals surface area contributed by atoms with Crippen molar-refractivity contribution in [3.63, 3.8) is 0 Å². The highest BCUT2D eigenvalue weighted by Crippen LogP contribution is 2.10. The fourth-order valence-corrected chi connectivity index (χ4v) is 0.962. The van der Waals surface area contributed by atoms with Gasteiger partial charge in [-0.25, -0.2) is 4.68 Å². The Morgan fingerprint density at radius 1 is 1.89 bits per heavy atom. The maximum atomic E-state index is 8.59. The van der Waals surface area contributed by atoms with Gasteiger partial charge in [0.1, 0.15) is 11.8 Å². The summed E-state index contributed by atoms with van der Waals surface area (Å²) in [5.74, 6) is 0. The summed E-state index contributed by atoms with van der Waals surface area (Å²) in [6.45, 7) is -0.101. The van der Waals surface area contributed by atoms with Crippen LogP contribution in [0.1, 0.15) is 0 Å². The van der Waals surface area contributed by atoms with E-state index in [9.17, 15) is 0 Å². The molecule has 0 aromatic carbocycles. The molecule has 50 valence electrons. The Balaban J connectivity index is 2.85. The fraction of sp³-hybridized carbons (Fsp3) is 0.500. The third kappa shape index (κ3) is 1.22. The minimum Gasteiger partial charge on any atom is -0.374 e. The van der Waals surface area contributed by atoms with Gasteiger partial charge in [0, 0.05) is 0 Å². The van der Waals surface area contributed by atoms with Crippen LogP contribution < -0.4 is 0 Å². The highest BCUT2D eigenvalue weighted by Gasteiger charge is 1.97. The second kappa shape index (κ2) is 2.84. The molecule has 0 saturated carbocycles. The van der Waals surface area contributed by atoms with Crippen molar-refractivity contribution in [1.29, 1.82) is 0 Å². The molecule has 1 aromatic heterocycles. The topological polar surface area (TPSA) is 50.9 Å². The summed E-state index contributed by atoms with van der Waals surface area (Å²) in [5.41, 5.74) is 0. The van der Waals surface area contributed by atoms with Gasteiger partial charge in [0.05, 0.1) is 6.20 Å². The first-order chi connectivity index (χ1) is 4.38. The lowest BCUT2D eigenvalue weighted by Crippen LogP contribution is -1.99. The minimum absolute atomic E-state index is 0.101. The van der Waals surface area contributed by atoms with Crippen LogP contribution in [0.2, 0.25) is 0 Å². The van der Waals surface area contributed by atoms with Crippen LogP contribution in [-0.4, -0.2) is 26.4 Å². The molecule has 0 atom stereocenters. The van der Waals surface area contributed by atoms with Crippen molar-refractivity contribution in [2.75, 3.05) is 6.26 Å². The molecular weight excluding hydrogens is 138 g/mol. The van der Waals surface area contributed by atoms with Crippen molar-refractivity contribution in [3.05, 3.63) is 6.20 Å². The van der Waals surface area contributed by atoms with E-state index >= 15 is 0 Å². The molecule has 0 fully saturated rings. The maximum Gasteiger partial charge on any atom is 0.139 e. The van der Waals surface area contributed by atoms with Crippen molar-refractivity contribution in [2.24, 2.45) is 0 Å². The molecule has 1 heterocycles.